The minimum Gasteiger partial charge on any atom is -0.398 e. The topological polar surface area (TPSA) is 352 Å². The van der Waals surface area contributed by atoms with Crippen LogP contribution < -0.4 is 22.3 Å². The molecular weight excluding hydrogens is 845 g/mol. The molecule has 6 rings (SSSR count). The lowest BCUT2D eigenvalue weighted by Crippen LogP contribution is -2.28. The Hall–Kier alpha value is -6.12. The van der Waals surface area contributed by atoms with Gasteiger partial charge in [0.2, 0.25) is 11.6 Å². The molecule has 0 aromatic heterocycles. The standard InChI is InChI=1S/C34H28N6O14S4/c1-15-9-17(3-6-23(15)37-39-25-8-5-21-26(56(46,47)48)14-27(57(49,50)51)31(36)30(21)33(25)41)18-4-7-24(16(2)10-18)38-40-32-28(58(52,53)54)12-19-11-20(55(43,44)45)13-22(35)29(19)34(32)42/h3-14,37-38H,35-36H2,1-2H3,(H,43,44,45)(H,46,47,48)(H,49,50,51)(H,52,53,54)/b39-25+,40-32+. The number of nitrogens with zero attached hydrogens (tertiary/aromatic N) is 2. The van der Waals surface area contributed by atoms with Gasteiger partial charge in [-0.1, -0.05) is 18.2 Å². The first kappa shape index (κ1) is 41.5. The highest BCUT2D eigenvalue weighted by atomic mass is 32.2. The van der Waals surface area contributed by atoms with Crippen LogP contribution in [0.25, 0.3) is 23.3 Å². The second-order valence-electron chi connectivity index (χ2n) is 12.7. The number of hydrazone groups is 2. The molecule has 0 radical (unpaired) electrons. The van der Waals surface area contributed by atoms with Crippen molar-refractivity contribution in [2.24, 2.45) is 10.2 Å². The van der Waals surface area contributed by atoms with Crippen molar-refractivity contribution in [2.45, 2.75) is 28.5 Å². The van der Waals surface area contributed by atoms with Crippen LogP contribution in [0.4, 0.5) is 22.7 Å². The Balaban J connectivity index is 1.25. The van der Waals surface area contributed by atoms with Crippen LogP contribution in [0, 0.1) is 13.8 Å². The fourth-order valence-electron chi connectivity index (χ4n) is 6.06. The lowest BCUT2D eigenvalue weighted by Gasteiger charge is -2.19. The molecule has 2 aliphatic rings. The maximum atomic E-state index is 13.4. The van der Waals surface area contributed by atoms with Crippen molar-refractivity contribution in [3.05, 3.63) is 99.0 Å². The van der Waals surface area contributed by atoms with Crippen molar-refractivity contribution in [1.82, 2.24) is 0 Å². The fourth-order valence-corrected chi connectivity index (χ4v) is 8.70. The van der Waals surface area contributed by atoms with Crippen LogP contribution in [0.3, 0.4) is 0 Å². The largest absolute Gasteiger partial charge is 0.398 e. The Labute approximate surface area is 329 Å². The normalized spacial score (nSPS) is 15.9. The molecule has 0 saturated carbocycles. The zero-order chi connectivity index (χ0) is 42.9. The molecule has 58 heavy (non-hydrogen) atoms. The van der Waals surface area contributed by atoms with Crippen molar-refractivity contribution in [2.75, 3.05) is 22.3 Å². The third-order valence-corrected chi connectivity index (χ3v) is 12.3. The summed E-state index contributed by atoms with van der Waals surface area (Å²) in [5.74, 6) is -2.07. The zero-order valence-electron chi connectivity index (χ0n) is 29.5. The summed E-state index contributed by atoms with van der Waals surface area (Å²) in [6.07, 6.45) is 3.00. The molecule has 0 saturated heterocycles. The highest BCUT2D eigenvalue weighted by molar-refractivity contribution is 7.91. The number of allylic oxidation sites excluding steroid dienone is 2. The van der Waals surface area contributed by atoms with E-state index in [2.05, 4.69) is 21.1 Å². The van der Waals surface area contributed by atoms with Gasteiger partial charge in [0, 0.05) is 11.3 Å². The van der Waals surface area contributed by atoms with Crippen LogP contribution in [0.15, 0.2) is 90.5 Å². The van der Waals surface area contributed by atoms with Crippen LogP contribution in [0.2, 0.25) is 0 Å². The maximum Gasteiger partial charge on any atom is 0.296 e. The van der Waals surface area contributed by atoms with E-state index >= 15 is 0 Å². The van der Waals surface area contributed by atoms with Crippen LogP contribution in [0.1, 0.15) is 43.0 Å². The second kappa shape index (κ2) is 14.4. The smallest absolute Gasteiger partial charge is 0.296 e. The predicted octanol–water partition coefficient (Wildman–Crippen LogP) is 3.45. The average Bonchev–Trinajstić information content (AvgIpc) is 3.09. The van der Waals surface area contributed by atoms with Crippen molar-refractivity contribution in [1.29, 1.82) is 0 Å². The molecule has 0 spiro atoms. The number of nitrogen functional groups attached to an aromatic ring is 2. The molecule has 0 aliphatic heterocycles. The minimum absolute atomic E-state index is 0.294. The van der Waals surface area contributed by atoms with E-state index in [-0.39, 0.29) is 16.8 Å². The van der Waals surface area contributed by atoms with Gasteiger partial charge in [0.25, 0.3) is 40.5 Å². The third kappa shape index (κ3) is 7.89. The molecule has 4 aromatic rings. The Kier molecular flexibility index (Phi) is 10.3. The number of Topliss-reactive ketones (excluding diaryl/α,β-unsaturated/α-hetero) is 2. The second-order valence-corrected chi connectivity index (χ2v) is 18.3. The van der Waals surface area contributed by atoms with E-state index in [4.69, 9.17) is 11.5 Å². The van der Waals surface area contributed by atoms with E-state index in [9.17, 15) is 61.5 Å². The number of nitrogens with one attached hydrogen (secondary N) is 2. The lowest BCUT2D eigenvalue weighted by atomic mass is 9.93. The quantitative estimate of drug-likeness (QED) is 0.0678. The number of carbonyl (C=O) groups excluding carboxylic acids is 2. The first-order valence-electron chi connectivity index (χ1n) is 16.0. The number of anilines is 4. The van der Waals surface area contributed by atoms with Crippen molar-refractivity contribution >= 4 is 98.4 Å². The molecule has 0 atom stereocenters. The number of ketones is 2. The van der Waals surface area contributed by atoms with E-state index in [0.29, 0.717) is 39.7 Å². The molecule has 0 unspecified atom stereocenters. The number of benzene rings is 4. The zero-order valence-corrected chi connectivity index (χ0v) is 32.7. The van der Waals surface area contributed by atoms with Gasteiger partial charge in [-0.05, 0) is 96.3 Å². The minimum atomic E-state index is -5.12. The van der Waals surface area contributed by atoms with Crippen molar-refractivity contribution in [3.63, 3.8) is 0 Å². The van der Waals surface area contributed by atoms with Crippen LogP contribution in [-0.4, -0.2) is 74.9 Å². The molecule has 10 N–H and O–H groups in total. The summed E-state index contributed by atoms with van der Waals surface area (Å²) in [5, 5.41) is 8.02. The van der Waals surface area contributed by atoms with E-state index < -0.39 is 99.8 Å². The maximum absolute atomic E-state index is 13.4. The summed E-state index contributed by atoms with van der Waals surface area (Å²) in [5.41, 5.74) is 16.5. The summed E-state index contributed by atoms with van der Waals surface area (Å²) >= 11 is 0. The summed E-state index contributed by atoms with van der Waals surface area (Å²) in [6.45, 7) is 3.39. The highest BCUT2D eigenvalue weighted by Gasteiger charge is 2.36. The van der Waals surface area contributed by atoms with Gasteiger partial charge in [0.05, 0.1) is 33.1 Å². The Morgan fingerprint density at radius 2 is 1.16 bits per heavy atom. The average molecular weight is 873 g/mol. The molecule has 0 fully saturated rings. The monoisotopic (exact) mass is 872 g/mol. The predicted molar refractivity (Wildman–Crippen MR) is 212 cm³/mol. The van der Waals surface area contributed by atoms with Gasteiger partial charge >= 0.3 is 0 Å². The van der Waals surface area contributed by atoms with Crippen LogP contribution in [0.5, 0.6) is 0 Å². The molecule has 0 bridgehead atoms. The highest BCUT2D eigenvalue weighted by Crippen LogP contribution is 2.36. The van der Waals surface area contributed by atoms with E-state index in [1.54, 1.807) is 50.2 Å². The van der Waals surface area contributed by atoms with E-state index in [1.165, 1.54) is 0 Å². The van der Waals surface area contributed by atoms with Crippen molar-refractivity contribution in [3.8, 4) is 11.1 Å². The molecule has 20 nitrogen and oxygen atoms in total. The van der Waals surface area contributed by atoms with Gasteiger partial charge in [0.15, 0.2) is 5.71 Å². The number of hydrogen-bond donors (Lipinski definition) is 8. The summed E-state index contributed by atoms with van der Waals surface area (Å²) in [7, 11) is -20.1. The molecule has 4 aromatic carbocycles. The van der Waals surface area contributed by atoms with E-state index in [0.717, 1.165) is 30.4 Å². The van der Waals surface area contributed by atoms with Gasteiger partial charge in [0.1, 0.15) is 20.4 Å². The number of nitrogens with two attached hydrogens (primary N) is 2. The van der Waals surface area contributed by atoms with Crippen molar-refractivity contribution < 1.29 is 61.5 Å². The number of hydrogen-bond acceptors (Lipinski definition) is 16. The van der Waals surface area contributed by atoms with Gasteiger partial charge in [-0.2, -0.15) is 43.9 Å². The lowest BCUT2D eigenvalue weighted by molar-refractivity contribution is 0.105. The van der Waals surface area contributed by atoms with Gasteiger partial charge in [-0.25, -0.2) is 0 Å². The SMILES string of the molecule is Cc1cc(-c2ccc(N/N=C3\C=Cc4c(S(=O)(=O)O)cc(S(=O)(=O)O)c(N)c4C3=O)c(C)c2)ccc1N/N=C1/C(=O)c2c(N)cc(S(=O)(=O)O)cc2C=C1S(=O)(=O)O. The van der Waals surface area contributed by atoms with Gasteiger partial charge in [-0.15, -0.1) is 0 Å². The number of fused-ring (bicyclic) bond motifs is 2. The van der Waals surface area contributed by atoms with E-state index in [1.807, 2.05) is 0 Å². The van der Waals surface area contributed by atoms with Gasteiger partial charge < -0.3 is 11.5 Å². The summed E-state index contributed by atoms with van der Waals surface area (Å²) in [6, 6.07) is 12.1. The summed E-state index contributed by atoms with van der Waals surface area (Å²) < 4.78 is 134. The Morgan fingerprint density at radius 3 is 1.66 bits per heavy atom. The summed E-state index contributed by atoms with van der Waals surface area (Å²) in [4.78, 5) is 23.0. The van der Waals surface area contributed by atoms with Gasteiger partial charge in [-0.3, -0.25) is 38.7 Å². The first-order valence-corrected chi connectivity index (χ1v) is 21.7. The number of aryl methyl sites for hydroxylation is 2. The molecule has 24 heteroatoms. The molecular formula is C34H28N6O14S4. The Morgan fingerprint density at radius 1 is 0.603 bits per heavy atom. The third-order valence-electron chi connectivity index (χ3n) is 8.84. The number of carbonyl (C=O) groups is 2. The Bertz CT molecular complexity index is 3140. The number of rotatable bonds is 9. The first-order chi connectivity index (χ1) is 26.8. The molecule has 0 heterocycles. The van der Waals surface area contributed by atoms with Crippen LogP contribution >= 0.6 is 0 Å². The van der Waals surface area contributed by atoms with Crippen LogP contribution in [-0.2, 0) is 40.5 Å². The molecule has 0 amide bonds. The molecule has 302 valence electrons. The fraction of sp³-hybridized carbons (Fsp3) is 0.0588. The molecule has 2 aliphatic carbocycles.